The van der Waals surface area contributed by atoms with Crippen LogP contribution in [0.1, 0.15) is 24.8 Å². The number of Topliss-reactive ketones (excluding diaryl/α,β-unsaturated/α-hetero) is 1. The molecule has 1 fully saturated rings. The molecule has 0 amide bonds. The van der Waals surface area contributed by atoms with Crippen LogP contribution in [0.3, 0.4) is 0 Å². The quantitative estimate of drug-likeness (QED) is 0.524. The lowest BCUT2D eigenvalue weighted by molar-refractivity contribution is -0.116. The second-order valence-corrected chi connectivity index (χ2v) is 4.33. The number of hydrogen-bond donors (Lipinski definition) is 0. The van der Waals surface area contributed by atoms with Crippen molar-refractivity contribution in [2.75, 3.05) is 0 Å². The zero-order valence-electron chi connectivity index (χ0n) is 8.45. The van der Waals surface area contributed by atoms with E-state index in [4.69, 9.17) is 11.6 Å². The van der Waals surface area contributed by atoms with E-state index in [-0.39, 0.29) is 11.2 Å². The fraction of sp³-hybridized carbons (Fsp3) is 0.308. The lowest BCUT2D eigenvalue weighted by atomic mass is 9.92. The van der Waals surface area contributed by atoms with Gasteiger partial charge in [0.15, 0.2) is 5.78 Å². The van der Waals surface area contributed by atoms with Crippen molar-refractivity contribution in [1.82, 2.24) is 0 Å². The Morgan fingerprint density at radius 1 is 1.27 bits per heavy atom. The van der Waals surface area contributed by atoms with Gasteiger partial charge in [0.05, 0.1) is 5.38 Å². The standard InChI is InChI=1S/C13H13ClO/c14-12-8-4-7-11(13(12)15)9-10-5-2-1-3-6-10/h1-3,5-6,9,12H,4,7-8H2. The smallest absolute Gasteiger partial charge is 0.176 e. The van der Waals surface area contributed by atoms with Crippen LogP contribution >= 0.6 is 11.6 Å². The van der Waals surface area contributed by atoms with E-state index in [0.29, 0.717) is 0 Å². The third-order valence-electron chi connectivity index (χ3n) is 2.65. The van der Waals surface area contributed by atoms with Gasteiger partial charge >= 0.3 is 0 Å². The lowest BCUT2D eigenvalue weighted by Crippen LogP contribution is -2.21. The Balaban J connectivity index is 2.23. The summed E-state index contributed by atoms with van der Waals surface area (Å²) in [4.78, 5) is 11.7. The van der Waals surface area contributed by atoms with E-state index in [1.807, 2.05) is 36.4 Å². The topological polar surface area (TPSA) is 17.1 Å². The van der Waals surface area contributed by atoms with E-state index in [2.05, 4.69) is 0 Å². The molecule has 0 spiro atoms. The molecule has 1 aromatic carbocycles. The maximum Gasteiger partial charge on any atom is 0.176 e. The van der Waals surface area contributed by atoms with Crippen LogP contribution in [-0.2, 0) is 4.79 Å². The van der Waals surface area contributed by atoms with E-state index in [1.165, 1.54) is 0 Å². The molecule has 1 unspecified atom stereocenters. The molecular weight excluding hydrogens is 208 g/mol. The van der Waals surface area contributed by atoms with Crippen molar-refractivity contribution in [3.63, 3.8) is 0 Å². The van der Waals surface area contributed by atoms with Crippen molar-refractivity contribution < 1.29 is 4.79 Å². The van der Waals surface area contributed by atoms with Gasteiger partial charge in [-0.2, -0.15) is 0 Å². The van der Waals surface area contributed by atoms with Crippen LogP contribution in [0.15, 0.2) is 35.9 Å². The Bertz CT molecular complexity index is 381. The molecule has 1 nitrogen and oxygen atoms in total. The van der Waals surface area contributed by atoms with Crippen LogP contribution in [0.2, 0.25) is 0 Å². The van der Waals surface area contributed by atoms with Gasteiger partial charge in [0.1, 0.15) is 0 Å². The fourth-order valence-electron chi connectivity index (χ4n) is 1.82. The molecule has 2 heteroatoms. The van der Waals surface area contributed by atoms with Crippen LogP contribution in [0.25, 0.3) is 6.08 Å². The molecular formula is C13H13ClO. The highest BCUT2D eigenvalue weighted by molar-refractivity contribution is 6.34. The molecule has 1 atom stereocenters. The van der Waals surface area contributed by atoms with E-state index < -0.39 is 0 Å². The number of carbonyl (C=O) groups is 1. The monoisotopic (exact) mass is 220 g/mol. The minimum atomic E-state index is -0.311. The first-order chi connectivity index (χ1) is 7.27. The predicted octanol–water partition coefficient (Wildman–Crippen LogP) is 3.43. The Kier molecular flexibility index (Phi) is 3.22. The molecule has 1 aliphatic carbocycles. The summed E-state index contributed by atoms with van der Waals surface area (Å²) in [6.07, 6.45) is 4.64. The van der Waals surface area contributed by atoms with Crippen molar-refractivity contribution in [1.29, 1.82) is 0 Å². The molecule has 1 aromatic rings. The van der Waals surface area contributed by atoms with Crippen LogP contribution in [0, 0.1) is 0 Å². The van der Waals surface area contributed by atoms with E-state index in [0.717, 1.165) is 30.4 Å². The molecule has 0 N–H and O–H groups in total. The zero-order valence-corrected chi connectivity index (χ0v) is 9.20. The van der Waals surface area contributed by atoms with Gasteiger partial charge in [0.2, 0.25) is 0 Å². The molecule has 0 heterocycles. The molecule has 1 aliphatic rings. The summed E-state index contributed by atoms with van der Waals surface area (Å²) in [6, 6.07) is 9.90. The number of rotatable bonds is 1. The third kappa shape index (κ3) is 2.48. The number of ketones is 1. The summed E-state index contributed by atoms with van der Waals surface area (Å²) in [5, 5.41) is -0.311. The SMILES string of the molecule is O=C1C(=Cc2ccccc2)CCCC1Cl. The molecule has 0 aromatic heterocycles. The maximum atomic E-state index is 11.7. The van der Waals surface area contributed by atoms with Gasteiger partial charge in [-0.3, -0.25) is 4.79 Å². The maximum absolute atomic E-state index is 11.7. The molecule has 78 valence electrons. The minimum Gasteiger partial charge on any atom is -0.293 e. The van der Waals surface area contributed by atoms with Crippen molar-refractivity contribution in [3.05, 3.63) is 41.5 Å². The highest BCUT2D eigenvalue weighted by Gasteiger charge is 2.23. The predicted molar refractivity (Wildman–Crippen MR) is 62.9 cm³/mol. The Morgan fingerprint density at radius 3 is 2.73 bits per heavy atom. The first-order valence-corrected chi connectivity index (χ1v) is 5.65. The van der Waals surface area contributed by atoms with Gasteiger partial charge in [-0.25, -0.2) is 0 Å². The van der Waals surface area contributed by atoms with Crippen molar-refractivity contribution >= 4 is 23.5 Å². The first kappa shape index (κ1) is 10.4. The number of halogens is 1. The highest BCUT2D eigenvalue weighted by Crippen LogP contribution is 2.25. The average Bonchev–Trinajstić information content (AvgIpc) is 2.26. The van der Waals surface area contributed by atoms with E-state index in [1.54, 1.807) is 0 Å². The van der Waals surface area contributed by atoms with Crippen molar-refractivity contribution in [2.24, 2.45) is 0 Å². The summed E-state index contributed by atoms with van der Waals surface area (Å²) in [5.74, 6) is 0.103. The molecule has 2 rings (SSSR count). The summed E-state index contributed by atoms with van der Waals surface area (Å²) in [7, 11) is 0. The van der Waals surface area contributed by atoms with Crippen LogP contribution in [-0.4, -0.2) is 11.2 Å². The number of carbonyl (C=O) groups excluding carboxylic acids is 1. The second kappa shape index (κ2) is 4.63. The van der Waals surface area contributed by atoms with Crippen LogP contribution in [0.4, 0.5) is 0 Å². The molecule has 1 saturated carbocycles. The van der Waals surface area contributed by atoms with Gasteiger partial charge in [-0.1, -0.05) is 30.3 Å². The highest BCUT2D eigenvalue weighted by atomic mass is 35.5. The van der Waals surface area contributed by atoms with Crippen molar-refractivity contribution in [2.45, 2.75) is 24.6 Å². The normalized spacial score (nSPS) is 24.5. The zero-order chi connectivity index (χ0) is 10.7. The molecule has 0 radical (unpaired) electrons. The first-order valence-electron chi connectivity index (χ1n) is 5.21. The molecule has 0 aliphatic heterocycles. The van der Waals surface area contributed by atoms with Gasteiger partial charge < -0.3 is 0 Å². The van der Waals surface area contributed by atoms with Crippen molar-refractivity contribution in [3.8, 4) is 0 Å². The molecule has 15 heavy (non-hydrogen) atoms. The summed E-state index contributed by atoms with van der Waals surface area (Å²) in [5.41, 5.74) is 1.94. The van der Waals surface area contributed by atoms with Crippen LogP contribution in [0.5, 0.6) is 0 Å². The summed E-state index contributed by atoms with van der Waals surface area (Å²) >= 11 is 5.94. The number of hydrogen-bond acceptors (Lipinski definition) is 1. The Morgan fingerprint density at radius 2 is 2.00 bits per heavy atom. The second-order valence-electron chi connectivity index (χ2n) is 3.80. The summed E-state index contributed by atoms with van der Waals surface area (Å²) < 4.78 is 0. The lowest BCUT2D eigenvalue weighted by Gasteiger charge is -2.17. The fourth-order valence-corrected chi connectivity index (χ4v) is 2.12. The number of allylic oxidation sites excluding steroid dienone is 1. The van der Waals surface area contributed by atoms with E-state index in [9.17, 15) is 4.79 Å². The average molecular weight is 221 g/mol. The minimum absolute atomic E-state index is 0.103. The Labute approximate surface area is 94.8 Å². The van der Waals surface area contributed by atoms with Gasteiger partial charge in [-0.05, 0) is 36.5 Å². The van der Waals surface area contributed by atoms with Gasteiger partial charge in [-0.15, -0.1) is 11.6 Å². The number of benzene rings is 1. The molecule has 0 bridgehead atoms. The third-order valence-corrected chi connectivity index (χ3v) is 3.06. The van der Waals surface area contributed by atoms with Gasteiger partial charge in [0, 0.05) is 0 Å². The summed E-state index contributed by atoms with van der Waals surface area (Å²) in [6.45, 7) is 0. The number of alkyl halides is 1. The molecule has 0 saturated heterocycles. The Hall–Kier alpha value is -1.08. The van der Waals surface area contributed by atoms with Gasteiger partial charge in [0.25, 0.3) is 0 Å². The van der Waals surface area contributed by atoms with E-state index >= 15 is 0 Å². The largest absolute Gasteiger partial charge is 0.293 e. The van der Waals surface area contributed by atoms with Crippen LogP contribution < -0.4 is 0 Å².